The smallest absolute Gasteiger partial charge is 0.310 e. The molecule has 1 fully saturated rings. The number of H-pyrrole nitrogens is 1. The minimum atomic E-state index is -0.104. The molecule has 1 unspecified atom stereocenters. The van der Waals surface area contributed by atoms with Crippen LogP contribution in [-0.2, 0) is 16.1 Å². The van der Waals surface area contributed by atoms with Crippen LogP contribution in [-0.4, -0.2) is 35.5 Å². The Hall–Kier alpha value is -1.92. The first kappa shape index (κ1) is 16.9. The van der Waals surface area contributed by atoms with E-state index >= 15 is 0 Å². The lowest BCUT2D eigenvalue weighted by molar-refractivity contribution is -0.150. The molecule has 1 aromatic heterocycles. The van der Waals surface area contributed by atoms with Crippen LogP contribution < -0.4 is 4.87 Å². The normalized spacial score (nSPS) is 18.5. The van der Waals surface area contributed by atoms with Crippen LogP contribution >= 0.6 is 11.3 Å². The molecule has 3 rings (SSSR count). The molecule has 0 aliphatic carbocycles. The van der Waals surface area contributed by atoms with Gasteiger partial charge in [0.2, 0.25) is 0 Å². The number of nitrogens with one attached hydrogen (secondary N) is 1. The molecule has 24 heavy (non-hydrogen) atoms. The predicted octanol–water partition coefficient (Wildman–Crippen LogP) is 2.88. The highest BCUT2D eigenvalue weighted by molar-refractivity contribution is 7.09. The second kappa shape index (κ2) is 7.77. The molecule has 0 bridgehead atoms. The molecule has 1 aromatic carbocycles. The van der Waals surface area contributed by atoms with Gasteiger partial charge in [-0.3, -0.25) is 14.5 Å². The Morgan fingerprint density at radius 3 is 2.92 bits per heavy atom. The lowest BCUT2D eigenvalue weighted by atomic mass is 9.98. The lowest BCUT2D eigenvalue weighted by Gasteiger charge is -2.31. The summed E-state index contributed by atoms with van der Waals surface area (Å²) < 4.78 is 5.16. The summed E-state index contributed by atoms with van der Waals surface area (Å²) in [5.41, 5.74) is 1.91. The van der Waals surface area contributed by atoms with Gasteiger partial charge in [0, 0.05) is 18.0 Å². The average molecular weight is 346 g/mol. The zero-order chi connectivity index (χ0) is 16.9. The quantitative estimate of drug-likeness (QED) is 0.846. The van der Waals surface area contributed by atoms with Crippen molar-refractivity contribution in [2.45, 2.75) is 26.3 Å². The van der Waals surface area contributed by atoms with Gasteiger partial charge < -0.3 is 9.72 Å². The Labute approximate surface area is 145 Å². The van der Waals surface area contributed by atoms with Crippen LogP contribution in [0.1, 0.15) is 24.6 Å². The Morgan fingerprint density at radius 2 is 2.17 bits per heavy atom. The number of benzene rings is 1. The number of esters is 1. The summed E-state index contributed by atoms with van der Waals surface area (Å²) in [6.07, 6.45) is 1.85. The van der Waals surface area contributed by atoms with Gasteiger partial charge in [0.05, 0.1) is 18.2 Å². The van der Waals surface area contributed by atoms with E-state index in [2.05, 4.69) is 9.88 Å². The summed E-state index contributed by atoms with van der Waals surface area (Å²) >= 11 is 1.25. The van der Waals surface area contributed by atoms with E-state index in [9.17, 15) is 9.59 Å². The SMILES string of the molecule is CCOC(=O)C1CCCN(Cc2sc(=O)[nH]c2-c2ccccc2)C1. The van der Waals surface area contributed by atoms with Crippen molar-refractivity contribution in [3.63, 3.8) is 0 Å². The molecule has 0 amide bonds. The van der Waals surface area contributed by atoms with Gasteiger partial charge in [-0.2, -0.15) is 0 Å². The van der Waals surface area contributed by atoms with Crippen molar-refractivity contribution in [3.05, 3.63) is 44.9 Å². The summed E-state index contributed by atoms with van der Waals surface area (Å²) in [7, 11) is 0. The number of piperidine rings is 1. The number of hydrogen-bond donors (Lipinski definition) is 1. The zero-order valence-electron chi connectivity index (χ0n) is 13.8. The van der Waals surface area contributed by atoms with Gasteiger partial charge >= 0.3 is 10.8 Å². The topological polar surface area (TPSA) is 62.4 Å². The van der Waals surface area contributed by atoms with E-state index in [0.717, 1.165) is 35.5 Å². The molecule has 1 aliphatic heterocycles. The van der Waals surface area contributed by atoms with Crippen molar-refractivity contribution in [2.75, 3.05) is 19.7 Å². The Kier molecular flexibility index (Phi) is 5.48. The Morgan fingerprint density at radius 1 is 1.38 bits per heavy atom. The number of thiazole rings is 1. The van der Waals surface area contributed by atoms with Crippen LogP contribution in [0, 0.1) is 5.92 Å². The monoisotopic (exact) mass is 346 g/mol. The standard InChI is InChI=1S/C18H22N2O3S/c1-2-23-17(21)14-9-6-10-20(11-14)12-15-16(19-18(22)24-15)13-7-4-3-5-8-13/h3-5,7-8,14H,2,6,9-12H2,1H3,(H,19,22). The van der Waals surface area contributed by atoms with Crippen molar-refractivity contribution in [3.8, 4) is 11.3 Å². The van der Waals surface area contributed by atoms with Gasteiger partial charge in [-0.05, 0) is 31.9 Å². The van der Waals surface area contributed by atoms with Crippen molar-refractivity contribution < 1.29 is 9.53 Å². The van der Waals surface area contributed by atoms with E-state index in [-0.39, 0.29) is 16.8 Å². The molecule has 1 aliphatic rings. The fourth-order valence-electron chi connectivity index (χ4n) is 3.16. The van der Waals surface area contributed by atoms with Crippen LogP contribution in [0.2, 0.25) is 0 Å². The van der Waals surface area contributed by atoms with E-state index in [1.165, 1.54) is 11.3 Å². The minimum Gasteiger partial charge on any atom is -0.466 e. The maximum absolute atomic E-state index is 12.0. The number of carbonyl (C=O) groups is 1. The molecular formula is C18H22N2O3S. The van der Waals surface area contributed by atoms with Gasteiger partial charge in [-0.15, -0.1) is 0 Å². The predicted molar refractivity (Wildman–Crippen MR) is 95.0 cm³/mol. The maximum Gasteiger partial charge on any atom is 0.310 e. The molecule has 5 nitrogen and oxygen atoms in total. The molecule has 0 saturated carbocycles. The number of rotatable bonds is 5. The molecule has 6 heteroatoms. The second-order valence-electron chi connectivity index (χ2n) is 6.01. The van der Waals surface area contributed by atoms with Crippen LogP contribution in [0.15, 0.2) is 35.1 Å². The highest BCUT2D eigenvalue weighted by atomic mass is 32.1. The zero-order valence-corrected chi connectivity index (χ0v) is 14.6. The van der Waals surface area contributed by atoms with Crippen molar-refractivity contribution in [1.29, 1.82) is 0 Å². The second-order valence-corrected chi connectivity index (χ2v) is 7.07. The van der Waals surface area contributed by atoms with E-state index in [0.29, 0.717) is 19.7 Å². The number of likely N-dealkylation sites (tertiary alicyclic amines) is 1. The summed E-state index contributed by atoms with van der Waals surface area (Å²) in [5, 5.41) is 0. The van der Waals surface area contributed by atoms with Gasteiger partial charge in [0.25, 0.3) is 0 Å². The number of aromatic nitrogens is 1. The number of aromatic amines is 1. The largest absolute Gasteiger partial charge is 0.466 e. The number of hydrogen-bond acceptors (Lipinski definition) is 5. The summed E-state index contributed by atoms with van der Waals surface area (Å²) in [5.74, 6) is -0.165. The molecular weight excluding hydrogens is 324 g/mol. The van der Waals surface area contributed by atoms with Crippen LogP contribution in [0.25, 0.3) is 11.3 Å². The molecule has 0 spiro atoms. The van der Waals surface area contributed by atoms with E-state index in [1.807, 2.05) is 37.3 Å². The van der Waals surface area contributed by atoms with Crippen LogP contribution in [0.5, 0.6) is 0 Å². The fourth-order valence-corrected chi connectivity index (χ4v) is 4.06. The summed E-state index contributed by atoms with van der Waals surface area (Å²) in [6.45, 7) is 4.58. The minimum absolute atomic E-state index is 0.0391. The Balaban J connectivity index is 1.74. The average Bonchev–Trinajstić information content (AvgIpc) is 2.96. The van der Waals surface area contributed by atoms with Crippen molar-refractivity contribution in [2.24, 2.45) is 5.92 Å². The highest BCUT2D eigenvalue weighted by Gasteiger charge is 2.27. The van der Waals surface area contributed by atoms with E-state index < -0.39 is 0 Å². The molecule has 0 radical (unpaired) electrons. The molecule has 1 N–H and O–H groups in total. The first-order valence-electron chi connectivity index (χ1n) is 8.33. The van der Waals surface area contributed by atoms with Gasteiger partial charge in [-0.1, -0.05) is 41.7 Å². The van der Waals surface area contributed by atoms with Crippen molar-refractivity contribution in [1.82, 2.24) is 9.88 Å². The number of ether oxygens (including phenoxy) is 1. The first-order chi connectivity index (χ1) is 11.7. The molecule has 2 heterocycles. The molecule has 128 valence electrons. The maximum atomic E-state index is 12.0. The molecule has 1 atom stereocenters. The first-order valence-corrected chi connectivity index (χ1v) is 9.15. The van der Waals surface area contributed by atoms with Gasteiger partial charge in [0.1, 0.15) is 0 Å². The molecule has 2 aromatic rings. The fraction of sp³-hybridized carbons (Fsp3) is 0.444. The Bertz CT molecular complexity index is 738. The van der Waals surface area contributed by atoms with Gasteiger partial charge in [0.15, 0.2) is 0 Å². The number of carbonyl (C=O) groups excluding carboxylic acids is 1. The van der Waals surface area contributed by atoms with Crippen molar-refractivity contribution >= 4 is 17.3 Å². The van der Waals surface area contributed by atoms with Crippen LogP contribution in [0.4, 0.5) is 0 Å². The highest BCUT2D eigenvalue weighted by Crippen LogP contribution is 2.26. The summed E-state index contributed by atoms with van der Waals surface area (Å²) in [4.78, 5) is 30.0. The third-order valence-electron chi connectivity index (χ3n) is 4.28. The third kappa shape index (κ3) is 3.94. The van der Waals surface area contributed by atoms with Crippen LogP contribution in [0.3, 0.4) is 0 Å². The molecule has 1 saturated heterocycles. The lowest BCUT2D eigenvalue weighted by Crippen LogP contribution is -2.38. The van der Waals surface area contributed by atoms with Gasteiger partial charge in [-0.25, -0.2) is 0 Å². The number of nitrogens with zero attached hydrogens (tertiary/aromatic N) is 1. The van der Waals surface area contributed by atoms with E-state index in [4.69, 9.17) is 4.74 Å². The summed E-state index contributed by atoms with van der Waals surface area (Å²) in [6, 6.07) is 9.89. The van der Waals surface area contributed by atoms with E-state index in [1.54, 1.807) is 0 Å². The third-order valence-corrected chi connectivity index (χ3v) is 5.14.